The van der Waals surface area contributed by atoms with Crippen molar-refractivity contribution in [1.82, 2.24) is 10.2 Å². The molecule has 0 saturated heterocycles. The summed E-state index contributed by atoms with van der Waals surface area (Å²) in [5, 5.41) is 3.25. The van der Waals surface area contributed by atoms with Crippen molar-refractivity contribution >= 4 is 39.1 Å². The number of anilines is 1. The van der Waals surface area contributed by atoms with Crippen LogP contribution in [0.25, 0.3) is 0 Å². The Labute approximate surface area is 288 Å². The van der Waals surface area contributed by atoms with Crippen molar-refractivity contribution in [1.29, 1.82) is 0 Å². The second-order valence-electron chi connectivity index (χ2n) is 11.9. The lowest BCUT2D eigenvalue weighted by atomic mass is 10.0. The number of amides is 2. The molecule has 9 nitrogen and oxygen atoms in total. The number of halogens is 1. The van der Waals surface area contributed by atoms with Crippen molar-refractivity contribution in [2.45, 2.75) is 44.7 Å². The van der Waals surface area contributed by atoms with Gasteiger partial charge in [-0.25, -0.2) is 8.42 Å². The average Bonchev–Trinajstić information content (AvgIpc) is 3.08. The molecule has 48 heavy (non-hydrogen) atoms. The molecule has 4 aromatic rings. The van der Waals surface area contributed by atoms with Crippen LogP contribution in [0.1, 0.15) is 30.5 Å². The zero-order valence-electron chi connectivity index (χ0n) is 27.9. The first-order chi connectivity index (χ1) is 22.9. The van der Waals surface area contributed by atoms with E-state index in [1.54, 1.807) is 49.6 Å². The fourth-order valence-electron chi connectivity index (χ4n) is 5.15. The second kappa shape index (κ2) is 16.5. The summed E-state index contributed by atoms with van der Waals surface area (Å²) >= 11 is 6.38. The molecule has 0 aliphatic rings. The number of ether oxygens (including phenoxy) is 2. The average molecular weight is 692 g/mol. The lowest BCUT2D eigenvalue weighted by Gasteiger charge is -2.34. The van der Waals surface area contributed by atoms with Gasteiger partial charge in [0.25, 0.3) is 10.0 Å². The minimum atomic E-state index is -4.33. The monoisotopic (exact) mass is 691 g/mol. The number of benzene rings is 4. The number of nitrogens with zero attached hydrogens (tertiary/aromatic N) is 2. The van der Waals surface area contributed by atoms with Crippen molar-refractivity contribution in [2.75, 3.05) is 31.6 Å². The third-order valence-corrected chi connectivity index (χ3v) is 9.75. The summed E-state index contributed by atoms with van der Waals surface area (Å²) in [6.07, 6.45) is 0.200. The van der Waals surface area contributed by atoms with Gasteiger partial charge in [-0.05, 0) is 66.4 Å². The summed E-state index contributed by atoms with van der Waals surface area (Å²) in [5.41, 5.74) is 2.50. The maximum absolute atomic E-state index is 14.7. The second-order valence-corrected chi connectivity index (χ2v) is 14.2. The number of nitrogens with one attached hydrogen (secondary N) is 1. The fraction of sp³-hybridized carbons (Fsp3) is 0.297. The third-order valence-electron chi connectivity index (χ3n) is 7.74. The minimum absolute atomic E-state index is 0.00767. The highest BCUT2D eigenvalue weighted by Crippen LogP contribution is 2.35. The van der Waals surface area contributed by atoms with Gasteiger partial charge in [-0.3, -0.25) is 13.9 Å². The molecule has 0 unspecified atom stereocenters. The Morgan fingerprint density at radius 2 is 1.54 bits per heavy atom. The molecule has 4 aromatic carbocycles. The molecule has 0 bridgehead atoms. The maximum atomic E-state index is 14.7. The molecule has 254 valence electrons. The molecule has 1 N–H and O–H groups in total. The summed E-state index contributed by atoms with van der Waals surface area (Å²) < 4.78 is 40.7. The van der Waals surface area contributed by atoms with E-state index in [1.807, 2.05) is 57.2 Å². The Morgan fingerprint density at radius 1 is 0.854 bits per heavy atom. The van der Waals surface area contributed by atoms with Crippen LogP contribution in [0.15, 0.2) is 102 Å². The highest BCUT2D eigenvalue weighted by Gasteiger charge is 2.35. The van der Waals surface area contributed by atoms with Gasteiger partial charge in [0.05, 0.1) is 24.8 Å². The summed E-state index contributed by atoms with van der Waals surface area (Å²) in [6, 6.07) is 26.5. The predicted molar refractivity (Wildman–Crippen MR) is 189 cm³/mol. The van der Waals surface area contributed by atoms with Gasteiger partial charge in [-0.2, -0.15) is 0 Å². The number of hydrogen-bond donors (Lipinski definition) is 1. The van der Waals surface area contributed by atoms with Gasteiger partial charge >= 0.3 is 0 Å². The molecule has 0 aromatic heterocycles. The number of sulfonamides is 1. The van der Waals surface area contributed by atoms with E-state index in [4.69, 9.17) is 21.1 Å². The maximum Gasteiger partial charge on any atom is 0.264 e. The Hall–Kier alpha value is -4.54. The minimum Gasteiger partial charge on any atom is -0.497 e. The third kappa shape index (κ3) is 9.29. The van der Waals surface area contributed by atoms with Crippen molar-refractivity contribution in [3.63, 3.8) is 0 Å². The number of methoxy groups -OCH3 is 2. The van der Waals surface area contributed by atoms with Gasteiger partial charge in [-0.1, -0.05) is 85.6 Å². The van der Waals surface area contributed by atoms with E-state index < -0.39 is 28.5 Å². The Balaban J connectivity index is 1.86. The molecule has 11 heteroatoms. The zero-order valence-corrected chi connectivity index (χ0v) is 29.4. The van der Waals surface area contributed by atoms with Crippen LogP contribution < -0.4 is 19.1 Å². The van der Waals surface area contributed by atoms with Crippen molar-refractivity contribution in [3.05, 3.63) is 119 Å². The molecule has 4 rings (SSSR count). The number of rotatable bonds is 15. The summed E-state index contributed by atoms with van der Waals surface area (Å²) in [7, 11) is -1.37. The van der Waals surface area contributed by atoms with Crippen LogP contribution >= 0.6 is 11.6 Å². The largest absolute Gasteiger partial charge is 0.497 e. The van der Waals surface area contributed by atoms with Crippen LogP contribution in [-0.2, 0) is 32.6 Å². The van der Waals surface area contributed by atoms with E-state index >= 15 is 0 Å². The molecule has 0 spiro atoms. The quantitative estimate of drug-likeness (QED) is 0.158. The van der Waals surface area contributed by atoms with Crippen LogP contribution in [0.4, 0.5) is 5.69 Å². The van der Waals surface area contributed by atoms with Crippen LogP contribution in [0.3, 0.4) is 0 Å². The van der Waals surface area contributed by atoms with Gasteiger partial charge in [0, 0.05) is 24.5 Å². The Kier molecular flexibility index (Phi) is 12.5. The standard InChI is InChI=1S/C37H42ClN3O6S/c1-26(2)23-39-37(43)34(21-28-10-7-6-8-11-28)40(24-29-12-9-13-31(20-29)46-4)36(42)25-41(33-22-30(38)16-19-35(33)47-5)48(44,45)32-17-14-27(3)15-18-32/h6-20,22,26,34H,21,23-25H2,1-5H3,(H,39,43)/t34-/m0/s1. The molecule has 0 fully saturated rings. The van der Waals surface area contributed by atoms with Crippen LogP contribution in [0, 0.1) is 12.8 Å². The van der Waals surface area contributed by atoms with E-state index in [0.717, 1.165) is 15.4 Å². The number of hydrogen-bond acceptors (Lipinski definition) is 6. The first-order valence-corrected chi connectivity index (χ1v) is 17.4. The van der Waals surface area contributed by atoms with Crippen LogP contribution in [-0.4, -0.2) is 58.5 Å². The van der Waals surface area contributed by atoms with E-state index in [2.05, 4.69) is 5.32 Å². The molecule has 2 amide bonds. The molecule has 1 atom stereocenters. The Morgan fingerprint density at radius 3 is 2.19 bits per heavy atom. The number of aryl methyl sites for hydroxylation is 1. The molecular formula is C37H42ClN3O6S. The first kappa shape index (κ1) is 36.3. The molecule has 0 aliphatic heterocycles. The van der Waals surface area contributed by atoms with Gasteiger partial charge in [0.1, 0.15) is 24.1 Å². The molecule has 0 saturated carbocycles. The van der Waals surface area contributed by atoms with Crippen LogP contribution in [0.2, 0.25) is 5.02 Å². The normalized spacial score (nSPS) is 11.9. The van der Waals surface area contributed by atoms with E-state index in [9.17, 15) is 18.0 Å². The van der Waals surface area contributed by atoms with E-state index in [-0.39, 0.29) is 46.1 Å². The highest BCUT2D eigenvalue weighted by atomic mass is 35.5. The molecular weight excluding hydrogens is 650 g/mol. The van der Waals surface area contributed by atoms with Gasteiger partial charge < -0.3 is 19.7 Å². The smallest absolute Gasteiger partial charge is 0.264 e. The topological polar surface area (TPSA) is 105 Å². The molecule has 0 aliphatic carbocycles. The fourth-order valence-corrected chi connectivity index (χ4v) is 6.74. The van der Waals surface area contributed by atoms with Gasteiger partial charge in [-0.15, -0.1) is 0 Å². The van der Waals surface area contributed by atoms with Crippen molar-refractivity contribution in [3.8, 4) is 11.5 Å². The lowest BCUT2D eigenvalue weighted by molar-refractivity contribution is -0.140. The predicted octanol–water partition coefficient (Wildman–Crippen LogP) is 6.27. The molecule has 0 radical (unpaired) electrons. The Bertz CT molecular complexity index is 1800. The van der Waals surface area contributed by atoms with Crippen molar-refractivity contribution in [2.24, 2.45) is 5.92 Å². The number of carbonyl (C=O) groups is 2. The van der Waals surface area contributed by atoms with Gasteiger partial charge in [0.15, 0.2) is 0 Å². The lowest BCUT2D eigenvalue weighted by Crippen LogP contribution is -2.53. The molecule has 0 heterocycles. The summed E-state index contributed by atoms with van der Waals surface area (Å²) in [5.74, 6) is 0.00119. The summed E-state index contributed by atoms with van der Waals surface area (Å²) in [6.45, 7) is 5.59. The zero-order chi connectivity index (χ0) is 34.8. The highest BCUT2D eigenvalue weighted by molar-refractivity contribution is 7.92. The first-order valence-electron chi connectivity index (χ1n) is 15.6. The summed E-state index contributed by atoms with van der Waals surface area (Å²) in [4.78, 5) is 30.1. The van der Waals surface area contributed by atoms with E-state index in [1.165, 1.54) is 30.2 Å². The van der Waals surface area contributed by atoms with E-state index in [0.29, 0.717) is 17.9 Å². The van der Waals surface area contributed by atoms with Gasteiger partial charge in [0.2, 0.25) is 11.8 Å². The number of carbonyl (C=O) groups excluding carboxylic acids is 2. The van der Waals surface area contributed by atoms with Crippen molar-refractivity contribution < 1.29 is 27.5 Å². The van der Waals surface area contributed by atoms with Crippen LogP contribution in [0.5, 0.6) is 11.5 Å². The SMILES string of the molecule is COc1cccc(CN(C(=O)CN(c2cc(Cl)ccc2OC)S(=O)(=O)c2ccc(C)cc2)[C@@H](Cc2ccccc2)C(=O)NCC(C)C)c1.